The molecule has 1 amide bonds. The average molecular weight is 619 g/mol. The molecule has 0 saturated carbocycles. The molecule has 8 nitrogen and oxygen atoms in total. The Morgan fingerprint density at radius 2 is 1.86 bits per heavy atom. The van der Waals surface area contributed by atoms with E-state index in [4.69, 9.17) is 28.9 Å². The van der Waals surface area contributed by atoms with E-state index < -0.39 is 28.3 Å². The highest BCUT2D eigenvalue weighted by Crippen LogP contribution is 2.38. The number of nitrogens with two attached hydrogens (primary N) is 1. The molecule has 220 valence electrons. The van der Waals surface area contributed by atoms with Crippen LogP contribution in [0.3, 0.4) is 0 Å². The molecular formula is C29H27Cl2F3N6O2. The third kappa shape index (κ3) is 7.95. The largest absolute Gasteiger partial charge is 0.633 e. The van der Waals surface area contributed by atoms with E-state index in [9.17, 15) is 23.2 Å². The molecule has 1 aliphatic heterocycles. The van der Waals surface area contributed by atoms with Gasteiger partial charge in [-0.3, -0.25) is 9.79 Å². The standard InChI is InChI=1S/C29H27Cl2F3N6O2/c1-18(37-16-23(30)15-35)20-4-2-19(3-5-20)17-40(42)12-9-21(10-13-40)27-24(6-7-25(39-27)29(32,33)34)38-28(41)22-8-11-36-26(31)14-22/h2-8,11,14-16,21H,1,9-10,12-13,17,35H2,(H,38,41)/b23-15+,37-16-. The second-order valence-electron chi connectivity index (χ2n) is 9.84. The number of hydroxylamine groups is 3. The molecule has 3 N–H and O–H groups in total. The SMILES string of the molecule is C=C(/N=C\C(Cl)=C/N)c1ccc(C[N+]2([O-])CCC(c3nc(C(F)(F)F)ccc3NC(=O)c3ccnc(Cl)c3)CC2)cc1. The molecule has 0 aliphatic carbocycles. The van der Waals surface area contributed by atoms with E-state index in [2.05, 4.69) is 26.9 Å². The van der Waals surface area contributed by atoms with Crippen LogP contribution in [0.25, 0.3) is 5.70 Å². The van der Waals surface area contributed by atoms with E-state index in [1.54, 1.807) is 12.1 Å². The van der Waals surface area contributed by atoms with Crippen LogP contribution in [-0.2, 0) is 12.7 Å². The monoisotopic (exact) mass is 618 g/mol. The van der Waals surface area contributed by atoms with Crippen LogP contribution in [0, 0.1) is 5.21 Å². The summed E-state index contributed by atoms with van der Waals surface area (Å²) < 4.78 is 40.0. The lowest BCUT2D eigenvalue weighted by Gasteiger charge is -2.47. The molecule has 0 spiro atoms. The summed E-state index contributed by atoms with van der Waals surface area (Å²) in [4.78, 5) is 24.7. The minimum absolute atomic E-state index is 0.0950. The maximum Gasteiger partial charge on any atom is 0.433 e. The Morgan fingerprint density at radius 1 is 1.17 bits per heavy atom. The van der Waals surface area contributed by atoms with Crippen molar-refractivity contribution in [3.8, 4) is 0 Å². The first-order valence-electron chi connectivity index (χ1n) is 12.8. The van der Waals surface area contributed by atoms with Crippen molar-refractivity contribution in [3.63, 3.8) is 0 Å². The summed E-state index contributed by atoms with van der Waals surface area (Å²) in [6.07, 6.45) is -0.142. The number of hydrogen-bond donors (Lipinski definition) is 2. The molecule has 1 aliphatic rings. The molecule has 3 heterocycles. The summed E-state index contributed by atoms with van der Waals surface area (Å²) >= 11 is 11.7. The number of halogens is 5. The van der Waals surface area contributed by atoms with Crippen LogP contribution in [0.15, 0.2) is 77.5 Å². The zero-order valence-corrected chi connectivity index (χ0v) is 23.8. The van der Waals surface area contributed by atoms with Gasteiger partial charge in [-0.05, 0) is 29.8 Å². The molecule has 4 rings (SSSR count). The Balaban J connectivity index is 1.47. The maximum absolute atomic E-state index is 13.6. The van der Waals surface area contributed by atoms with Gasteiger partial charge >= 0.3 is 6.18 Å². The fraction of sp³-hybridized carbons (Fsp3) is 0.241. The van der Waals surface area contributed by atoms with Crippen LogP contribution in [0.4, 0.5) is 18.9 Å². The topological polar surface area (TPSA) is 116 Å². The number of carbonyl (C=O) groups excluding carboxylic acids is 1. The molecule has 0 unspecified atom stereocenters. The zero-order valence-electron chi connectivity index (χ0n) is 22.2. The second kappa shape index (κ2) is 13.0. The first-order valence-corrected chi connectivity index (χ1v) is 13.6. The second-order valence-corrected chi connectivity index (χ2v) is 10.7. The normalized spacial score (nSPS) is 19.6. The van der Waals surface area contributed by atoms with Gasteiger partial charge in [-0.25, -0.2) is 9.97 Å². The van der Waals surface area contributed by atoms with Crippen molar-refractivity contribution in [1.29, 1.82) is 0 Å². The first-order chi connectivity index (χ1) is 19.9. The van der Waals surface area contributed by atoms with Gasteiger partial charge in [0.25, 0.3) is 5.91 Å². The van der Waals surface area contributed by atoms with Gasteiger partial charge in [0.1, 0.15) is 17.4 Å². The molecule has 13 heteroatoms. The summed E-state index contributed by atoms with van der Waals surface area (Å²) in [7, 11) is 0. The number of piperidine rings is 1. The number of nitrogens with zero attached hydrogens (tertiary/aromatic N) is 4. The average Bonchev–Trinajstić information content (AvgIpc) is 2.96. The predicted molar refractivity (Wildman–Crippen MR) is 158 cm³/mol. The van der Waals surface area contributed by atoms with Crippen LogP contribution >= 0.6 is 23.2 Å². The third-order valence-corrected chi connectivity index (χ3v) is 7.30. The van der Waals surface area contributed by atoms with Gasteiger partial charge < -0.3 is 20.9 Å². The van der Waals surface area contributed by atoms with Crippen LogP contribution in [-0.4, -0.2) is 39.8 Å². The predicted octanol–water partition coefficient (Wildman–Crippen LogP) is 6.87. The van der Waals surface area contributed by atoms with Crippen molar-refractivity contribution in [1.82, 2.24) is 9.97 Å². The van der Waals surface area contributed by atoms with Crippen molar-refractivity contribution in [2.45, 2.75) is 31.5 Å². The highest BCUT2D eigenvalue weighted by molar-refractivity contribution is 6.39. The van der Waals surface area contributed by atoms with Crippen molar-refractivity contribution >= 4 is 46.7 Å². The van der Waals surface area contributed by atoms with E-state index in [1.807, 2.05) is 12.1 Å². The Hall–Kier alpha value is -3.77. The van der Waals surface area contributed by atoms with E-state index >= 15 is 0 Å². The number of hydrogen-bond acceptors (Lipinski definition) is 6. The highest BCUT2D eigenvalue weighted by Gasteiger charge is 2.36. The van der Waals surface area contributed by atoms with Gasteiger partial charge in [-0.2, -0.15) is 13.2 Å². The molecule has 2 aromatic heterocycles. The van der Waals surface area contributed by atoms with Crippen molar-refractivity contribution in [2.75, 3.05) is 18.4 Å². The minimum Gasteiger partial charge on any atom is -0.633 e. The van der Waals surface area contributed by atoms with E-state index in [1.165, 1.54) is 36.8 Å². The number of anilines is 1. The summed E-state index contributed by atoms with van der Waals surface area (Å²) in [5.41, 5.74) is 6.70. The number of carbonyl (C=O) groups is 1. The Bertz CT molecular complexity index is 1520. The lowest BCUT2D eigenvalue weighted by molar-refractivity contribution is -0.899. The third-order valence-electron chi connectivity index (χ3n) is 6.87. The van der Waals surface area contributed by atoms with E-state index in [0.717, 1.165) is 17.2 Å². The number of benzene rings is 1. The lowest BCUT2D eigenvalue weighted by atomic mass is 9.91. The fourth-order valence-corrected chi connectivity index (χ4v) is 4.87. The van der Waals surface area contributed by atoms with Crippen molar-refractivity contribution < 1.29 is 22.6 Å². The molecule has 0 radical (unpaired) electrons. The molecule has 3 aromatic rings. The van der Waals surface area contributed by atoms with Gasteiger partial charge in [-0.1, -0.05) is 54.0 Å². The van der Waals surface area contributed by atoms with Crippen molar-refractivity contribution in [3.05, 3.63) is 111 Å². The van der Waals surface area contributed by atoms with E-state index in [-0.39, 0.29) is 46.8 Å². The summed E-state index contributed by atoms with van der Waals surface area (Å²) in [6.45, 7) is 4.41. The molecule has 1 aromatic carbocycles. The van der Waals surface area contributed by atoms with Crippen LogP contribution < -0.4 is 11.1 Å². The molecular weight excluding hydrogens is 592 g/mol. The lowest BCUT2D eigenvalue weighted by Crippen LogP contribution is -2.47. The number of amides is 1. The van der Waals surface area contributed by atoms with Crippen LogP contribution in [0.2, 0.25) is 5.15 Å². The number of nitrogens with one attached hydrogen (secondary N) is 1. The number of aromatic nitrogens is 2. The Labute approximate surface area is 250 Å². The zero-order chi connectivity index (χ0) is 30.5. The summed E-state index contributed by atoms with van der Waals surface area (Å²) in [6, 6.07) is 12.0. The Morgan fingerprint density at radius 3 is 2.48 bits per heavy atom. The molecule has 1 fully saturated rings. The smallest absolute Gasteiger partial charge is 0.433 e. The maximum atomic E-state index is 13.6. The summed E-state index contributed by atoms with van der Waals surface area (Å²) in [5, 5.41) is 16.6. The van der Waals surface area contributed by atoms with Gasteiger partial charge in [0.05, 0.1) is 35.2 Å². The van der Waals surface area contributed by atoms with Crippen LogP contribution in [0.1, 0.15) is 51.6 Å². The number of aliphatic imine (C=N–C) groups is 1. The van der Waals surface area contributed by atoms with Crippen LogP contribution in [0.5, 0.6) is 0 Å². The first kappa shape index (κ1) is 31.2. The number of alkyl halides is 3. The van der Waals surface area contributed by atoms with E-state index in [0.29, 0.717) is 18.5 Å². The quantitative estimate of drug-likeness (QED) is 0.124. The van der Waals surface area contributed by atoms with Gasteiger partial charge in [-0.15, -0.1) is 0 Å². The molecule has 1 saturated heterocycles. The highest BCUT2D eigenvalue weighted by atomic mass is 35.5. The molecule has 0 atom stereocenters. The van der Waals surface area contributed by atoms with Gasteiger partial charge in [0.15, 0.2) is 0 Å². The van der Waals surface area contributed by atoms with Crippen molar-refractivity contribution in [2.24, 2.45) is 10.7 Å². The van der Waals surface area contributed by atoms with Gasteiger partial charge in [0, 0.05) is 48.5 Å². The summed E-state index contributed by atoms with van der Waals surface area (Å²) in [5.74, 6) is -1.02. The molecule has 0 bridgehead atoms. The minimum atomic E-state index is -4.67. The molecule has 42 heavy (non-hydrogen) atoms. The number of likely N-dealkylation sites (tertiary alicyclic amines) is 1. The Kier molecular flexibility index (Phi) is 9.67. The number of allylic oxidation sites excluding steroid dienone is 1. The number of pyridine rings is 2. The fourth-order valence-electron chi connectivity index (χ4n) is 4.65. The number of quaternary nitrogens is 1. The number of rotatable bonds is 8. The van der Waals surface area contributed by atoms with Gasteiger partial charge in [0.2, 0.25) is 0 Å².